The van der Waals surface area contributed by atoms with Gasteiger partial charge in [0.2, 0.25) is 0 Å². The van der Waals surface area contributed by atoms with Gasteiger partial charge in [-0.15, -0.1) is 11.3 Å². The molecular formula is C12H17NOS. The standard InChI is InChI=1S/C12H17NOS/c1-9-10(4-7-15-9)11(14)8-12(13)5-2-3-6-12/h4,7H,2-3,5-6,8,13H2,1H3. The van der Waals surface area contributed by atoms with Crippen LogP contribution < -0.4 is 5.73 Å². The Morgan fingerprint density at radius 2 is 2.20 bits per heavy atom. The number of aryl methyl sites for hydroxylation is 1. The van der Waals surface area contributed by atoms with Crippen molar-refractivity contribution in [2.75, 3.05) is 0 Å². The molecule has 1 fully saturated rings. The van der Waals surface area contributed by atoms with Crippen molar-refractivity contribution in [1.29, 1.82) is 0 Å². The van der Waals surface area contributed by atoms with Gasteiger partial charge < -0.3 is 5.73 Å². The maximum Gasteiger partial charge on any atom is 0.165 e. The van der Waals surface area contributed by atoms with Gasteiger partial charge in [0, 0.05) is 22.4 Å². The molecule has 1 saturated carbocycles. The number of nitrogens with two attached hydrogens (primary N) is 1. The normalized spacial score (nSPS) is 19.3. The quantitative estimate of drug-likeness (QED) is 0.801. The van der Waals surface area contributed by atoms with Gasteiger partial charge in [-0.1, -0.05) is 12.8 Å². The lowest BCUT2D eigenvalue weighted by Crippen LogP contribution is -2.38. The highest BCUT2D eigenvalue weighted by Crippen LogP contribution is 2.31. The summed E-state index contributed by atoms with van der Waals surface area (Å²) < 4.78 is 0. The van der Waals surface area contributed by atoms with Crippen molar-refractivity contribution in [1.82, 2.24) is 0 Å². The molecule has 0 aliphatic heterocycles. The third-order valence-corrected chi connectivity index (χ3v) is 4.12. The molecule has 1 aromatic rings. The number of hydrogen-bond acceptors (Lipinski definition) is 3. The molecule has 82 valence electrons. The van der Waals surface area contributed by atoms with Crippen LogP contribution in [0.1, 0.15) is 47.3 Å². The number of carbonyl (C=O) groups excluding carboxylic acids is 1. The molecule has 2 rings (SSSR count). The first-order valence-electron chi connectivity index (χ1n) is 5.47. The molecule has 0 saturated heterocycles. The lowest BCUT2D eigenvalue weighted by atomic mass is 9.90. The fraction of sp³-hybridized carbons (Fsp3) is 0.583. The Bertz CT molecular complexity index is 363. The Balaban J connectivity index is 2.07. The van der Waals surface area contributed by atoms with Crippen LogP contribution >= 0.6 is 11.3 Å². The molecular weight excluding hydrogens is 206 g/mol. The smallest absolute Gasteiger partial charge is 0.165 e. The second-order valence-corrected chi connectivity index (χ2v) is 5.68. The molecule has 2 nitrogen and oxygen atoms in total. The van der Waals surface area contributed by atoms with E-state index in [0.717, 1.165) is 23.3 Å². The molecule has 0 atom stereocenters. The van der Waals surface area contributed by atoms with Crippen LogP contribution in [-0.2, 0) is 0 Å². The molecule has 0 aromatic carbocycles. The second-order valence-electron chi connectivity index (χ2n) is 4.56. The van der Waals surface area contributed by atoms with E-state index in [0.29, 0.717) is 6.42 Å². The monoisotopic (exact) mass is 223 g/mol. The molecule has 0 radical (unpaired) electrons. The van der Waals surface area contributed by atoms with E-state index in [1.54, 1.807) is 11.3 Å². The van der Waals surface area contributed by atoms with Gasteiger partial charge in [-0.05, 0) is 31.2 Å². The van der Waals surface area contributed by atoms with Crippen molar-refractivity contribution in [3.05, 3.63) is 21.9 Å². The Labute approximate surface area is 94.5 Å². The van der Waals surface area contributed by atoms with E-state index in [2.05, 4.69) is 0 Å². The number of thiophene rings is 1. The van der Waals surface area contributed by atoms with E-state index in [4.69, 9.17) is 5.73 Å². The zero-order valence-electron chi connectivity index (χ0n) is 9.08. The molecule has 0 bridgehead atoms. The number of Topliss-reactive ketones (excluding diaryl/α,β-unsaturated/α-hetero) is 1. The summed E-state index contributed by atoms with van der Waals surface area (Å²) in [7, 11) is 0. The summed E-state index contributed by atoms with van der Waals surface area (Å²) in [5.74, 6) is 0.221. The maximum absolute atomic E-state index is 12.0. The Hall–Kier alpha value is -0.670. The summed E-state index contributed by atoms with van der Waals surface area (Å²) in [6.45, 7) is 2.00. The van der Waals surface area contributed by atoms with Gasteiger partial charge in [0.15, 0.2) is 5.78 Å². The largest absolute Gasteiger partial charge is 0.325 e. The topological polar surface area (TPSA) is 43.1 Å². The molecule has 0 unspecified atom stereocenters. The first-order chi connectivity index (χ1) is 7.11. The average Bonchev–Trinajstić information content (AvgIpc) is 2.74. The van der Waals surface area contributed by atoms with Crippen LogP contribution in [0.2, 0.25) is 0 Å². The van der Waals surface area contributed by atoms with Crippen LogP contribution in [0.25, 0.3) is 0 Å². The molecule has 1 aliphatic carbocycles. The fourth-order valence-corrected chi connectivity index (χ4v) is 3.06. The molecule has 1 aromatic heterocycles. The molecule has 1 aliphatic rings. The number of ketones is 1. The van der Waals surface area contributed by atoms with E-state index >= 15 is 0 Å². The summed E-state index contributed by atoms with van der Waals surface area (Å²) in [6, 6.07) is 1.92. The minimum Gasteiger partial charge on any atom is -0.325 e. The van der Waals surface area contributed by atoms with Gasteiger partial charge >= 0.3 is 0 Å². The third-order valence-electron chi connectivity index (χ3n) is 3.27. The highest BCUT2D eigenvalue weighted by atomic mass is 32.1. The number of rotatable bonds is 3. The van der Waals surface area contributed by atoms with Crippen LogP contribution in [0, 0.1) is 6.92 Å². The van der Waals surface area contributed by atoms with Crippen LogP contribution in [0.15, 0.2) is 11.4 Å². The van der Waals surface area contributed by atoms with E-state index < -0.39 is 0 Å². The van der Waals surface area contributed by atoms with Crippen molar-refractivity contribution in [3.8, 4) is 0 Å². The van der Waals surface area contributed by atoms with Crippen LogP contribution in [0.4, 0.5) is 0 Å². The van der Waals surface area contributed by atoms with E-state index in [1.165, 1.54) is 12.8 Å². The minimum absolute atomic E-state index is 0.217. The molecule has 15 heavy (non-hydrogen) atoms. The highest BCUT2D eigenvalue weighted by Gasteiger charge is 2.32. The Morgan fingerprint density at radius 1 is 1.53 bits per heavy atom. The SMILES string of the molecule is Cc1sccc1C(=O)CC1(N)CCCC1. The van der Waals surface area contributed by atoms with Crippen molar-refractivity contribution < 1.29 is 4.79 Å². The van der Waals surface area contributed by atoms with Crippen molar-refractivity contribution in [2.45, 2.75) is 44.6 Å². The van der Waals surface area contributed by atoms with E-state index in [1.807, 2.05) is 18.4 Å². The summed E-state index contributed by atoms with van der Waals surface area (Å²) in [6.07, 6.45) is 4.87. The average molecular weight is 223 g/mol. The molecule has 0 amide bonds. The maximum atomic E-state index is 12.0. The second kappa shape index (κ2) is 4.06. The number of hydrogen-bond donors (Lipinski definition) is 1. The first kappa shape index (κ1) is 10.8. The van der Waals surface area contributed by atoms with Gasteiger partial charge in [-0.3, -0.25) is 4.79 Å². The van der Waals surface area contributed by atoms with Gasteiger partial charge in [0.05, 0.1) is 0 Å². The van der Waals surface area contributed by atoms with E-state index in [-0.39, 0.29) is 11.3 Å². The van der Waals surface area contributed by atoms with Crippen molar-refractivity contribution in [2.24, 2.45) is 5.73 Å². The lowest BCUT2D eigenvalue weighted by molar-refractivity contribution is 0.0952. The molecule has 1 heterocycles. The van der Waals surface area contributed by atoms with E-state index in [9.17, 15) is 4.79 Å². The van der Waals surface area contributed by atoms with Crippen LogP contribution in [-0.4, -0.2) is 11.3 Å². The predicted molar refractivity (Wildman–Crippen MR) is 63.4 cm³/mol. The minimum atomic E-state index is -0.217. The van der Waals surface area contributed by atoms with Gasteiger partial charge in [-0.25, -0.2) is 0 Å². The Kier molecular flexibility index (Phi) is 2.94. The third kappa shape index (κ3) is 2.29. The summed E-state index contributed by atoms with van der Waals surface area (Å²) in [5, 5.41) is 1.97. The zero-order chi connectivity index (χ0) is 10.9. The van der Waals surface area contributed by atoms with Gasteiger partial charge in [0.1, 0.15) is 0 Å². The van der Waals surface area contributed by atoms with Gasteiger partial charge in [-0.2, -0.15) is 0 Å². The first-order valence-corrected chi connectivity index (χ1v) is 6.35. The summed E-state index contributed by atoms with van der Waals surface area (Å²) >= 11 is 1.63. The highest BCUT2D eigenvalue weighted by molar-refractivity contribution is 7.10. The Morgan fingerprint density at radius 3 is 2.73 bits per heavy atom. The molecule has 0 spiro atoms. The molecule has 2 N–H and O–H groups in total. The molecule has 3 heteroatoms. The van der Waals surface area contributed by atoms with Crippen molar-refractivity contribution >= 4 is 17.1 Å². The lowest BCUT2D eigenvalue weighted by Gasteiger charge is -2.22. The van der Waals surface area contributed by atoms with Gasteiger partial charge in [0.25, 0.3) is 0 Å². The predicted octanol–water partition coefficient (Wildman–Crippen LogP) is 2.90. The zero-order valence-corrected chi connectivity index (χ0v) is 9.90. The van der Waals surface area contributed by atoms with Crippen molar-refractivity contribution in [3.63, 3.8) is 0 Å². The number of carbonyl (C=O) groups is 1. The van der Waals surface area contributed by atoms with Crippen LogP contribution in [0.3, 0.4) is 0 Å². The summed E-state index contributed by atoms with van der Waals surface area (Å²) in [5.41, 5.74) is 6.85. The van der Waals surface area contributed by atoms with Crippen LogP contribution in [0.5, 0.6) is 0 Å². The fourth-order valence-electron chi connectivity index (χ4n) is 2.35. The summed E-state index contributed by atoms with van der Waals surface area (Å²) in [4.78, 5) is 13.1.